The zero-order valence-corrected chi connectivity index (χ0v) is 16.9. The van der Waals surface area contributed by atoms with Crippen LogP contribution in [0.15, 0.2) is 30.3 Å². The fourth-order valence-corrected chi connectivity index (χ4v) is 4.29. The molecule has 2 aromatic rings. The van der Waals surface area contributed by atoms with E-state index in [1.54, 1.807) is 12.1 Å². The summed E-state index contributed by atoms with van der Waals surface area (Å²) in [5.41, 5.74) is 7.25. The van der Waals surface area contributed by atoms with Crippen molar-refractivity contribution in [2.24, 2.45) is 5.92 Å². The Morgan fingerprint density at radius 1 is 1.18 bits per heavy atom. The van der Waals surface area contributed by atoms with Crippen LogP contribution in [0, 0.1) is 12.8 Å². The van der Waals surface area contributed by atoms with Crippen LogP contribution in [0.2, 0.25) is 0 Å². The van der Waals surface area contributed by atoms with Gasteiger partial charge in [0.15, 0.2) is 6.61 Å². The number of hydrogen-bond acceptors (Lipinski definition) is 5. The molecule has 0 fully saturated rings. The molecule has 0 saturated carbocycles. The second-order valence-electron chi connectivity index (χ2n) is 7.02. The quantitative estimate of drug-likeness (QED) is 0.596. The van der Waals surface area contributed by atoms with Crippen molar-refractivity contribution in [2.75, 3.05) is 6.61 Å². The first-order valence-electron chi connectivity index (χ1n) is 9.40. The first-order chi connectivity index (χ1) is 13.5. The summed E-state index contributed by atoms with van der Waals surface area (Å²) in [6, 6.07) is 8.84. The molecule has 2 amide bonds. The Labute approximate surface area is 168 Å². The molecule has 28 heavy (non-hydrogen) atoms. The van der Waals surface area contributed by atoms with E-state index in [9.17, 15) is 14.4 Å². The summed E-state index contributed by atoms with van der Waals surface area (Å²) in [7, 11) is 0. The van der Waals surface area contributed by atoms with Crippen molar-refractivity contribution in [2.45, 2.75) is 39.5 Å². The smallest absolute Gasteiger partial charge is 0.348 e. The highest BCUT2D eigenvalue weighted by molar-refractivity contribution is 7.14. The number of nitrogens with one attached hydrogen (secondary N) is 2. The van der Waals surface area contributed by atoms with Crippen LogP contribution >= 0.6 is 11.3 Å². The molecule has 0 radical (unpaired) electrons. The van der Waals surface area contributed by atoms with Gasteiger partial charge < -0.3 is 4.74 Å². The Kier molecular flexibility index (Phi) is 6.46. The maximum absolute atomic E-state index is 12.2. The van der Waals surface area contributed by atoms with Crippen molar-refractivity contribution in [1.82, 2.24) is 10.9 Å². The fraction of sp³-hybridized carbons (Fsp3) is 0.381. The van der Waals surface area contributed by atoms with E-state index in [1.165, 1.54) is 21.8 Å². The number of benzene rings is 1. The van der Waals surface area contributed by atoms with Gasteiger partial charge in [-0.3, -0.25) is 20.4 Å². The first kappa shape index (κ1) is 20.1. The topological polar surface area (TPSA) is 84.5 Å². The number of carbonyl (C=O) groups is 3. The van der Waals surface area contributed by atoms with E-state index in [4.69, 9.17) is 4.74 Å². The summed E-state index contributed by atoms with van der Waals surface area (Å²) in [5, 5.41) is 0. The third kappa shape index (κ3) is 4.98. The van der Waals surface area contributed by atoms with Gasteiger partial charge in [-0.1, -0.05) is 31.0 Å². The van der Waals surface area contributed by atoms with Crippen LogP contribution < -0.4 is 10.9 Å². The second kappa shape index (κ2) is 9.01. The lowest BCUT2D eigenvalue weighted by atomic mass is 9.87. The molecular weight excluding hydrogens is 376 g/mol. The monoisotopic (exact) mass is 400 g/mol. The van der Waals surface area contributed by atoms with E-state index in [0.717, 1.165) is 31.2 Å². The summed E-state index contributed by atoms with van der Waals surface area (Å²) >= 11 is 1.45. The van der Waals surface area contributed by atoms with Gasteiger partial charge in [-0.15, -0.1) is 11.3 Å². The fourth-order valence-electron chi connectivity index (χ4n) is 3.19. The van der Waals surface area contributed by atoms with E-state index >= 15 is 0 Å². The van der Waals surface area contributed by atoms with Crippen LogP contribution in [0.4, 0.5) is 0 Å². The van der Waals surface area contributed by atoms with Crippen molar-refractivity contribution in [1.29, 1.82) is 0 Å². The third-order valence-corrected chi connectivity index (χ3v) is 6.14. The van der Waals surface area contributed by atoms with Crippen LogP contribution in [-0.4, -0.2) is 24.4 Å². The lowest BCUT2D eigenvalue weighted by Gasteiger charge is -2.19. The van der Waals surface area contributed by atoms with Crippen molar-refractivity contribution in [3.63, 3.8) is 0 Å². The van der Waals surface area contributed by atoms with Crippen molar-refractivity contribution >= 4 is 29.1 Å². The Morgan fingerprint density at radius 3 is 2.64 bits per heavy atom. The summed E-state index contributed by atoms with van der Waals surface area (Å²) in [4.78, 5) is 37.8. The summed E-state index contributed by atoms with van der Waals surface area (Å²) in [6.07, 6.45) is 4.30. The molecule has 7 heteroatoms. The van der Waals surface area contributed by atoms with E-state index in [1.807, 2.05) is 25.1 Å². The number of hydrogen-bond donors (Lipinski definition) is 2. The third-order valence-electron chi connectivity index (χ3n) is 4.93. The SMILES string of the molecule is CC[C@@H]1CCc2sc(C(=O)OCC(=O)NNC(=O)c3ccc(C)cc3)cc2C1. The van der Waals surface area contributed by atoms with Crippen LogP contribution in [0.25, 0.3) is 0 Å². The summed E-state index contributed by atoms with van der Waals surface area (Å²) in [6.45, 7) is 3.66. The molecule has 0 spiro atoms. The molecular formula is C21H24N2O4S. The largest absolute Gasteiger partial charge is 0.451 e. The lowest BCUT2D eigenvalue weighted by molar-refractivity contribution is -0.125. The van der Waals surface area contributed by atoms with Crippen molar-refractivity contribution in [3.05, 3.63) is 56.8 Å². The Balaban J connectivity index is 1.45. The Morgan fingerprint density at radius 2 is 1.93 bits per heavy atom. The number of hydrazine groups is 1. The maximum atomic E-state index is 12.2. The standard InChI is InChI=1S/C21H24N2O4S/c1-3-14-6-9-17-16(10-14)11-18(28-17)21(26)27-12-19(24)22-23-20(25)15-7-4-13(2)5-8-15/h4-5,7-8,11,14H,3,6,9-10,12H2,1-2H3,(H,22,24)(H,23,25)/t14-/m1/s1. The predicted octanol–water partition coefficient (Wildman–Crippen LogP) is 3.19. The molecule has 3 rings (SSSR count). The number of carbonyl (C=O) groups excluding carboxylic acids is 3. The Bertz CT molecular complexity index is 873. The van der Waals surface area contributed by atoms with Gasteiger partial charge in [0.1, 0.15) is 4.88 Å². The van der Waals surface area contributed by atoms with Crippen LogP contribution in [0.1, 0.15) is 55.8 Å². The first-order valence-corrected chi connectivity index (χ1v) is 10.2. The van der Waals surface area contributed by atoms with Gasteiger partial charge in [-0.2, -0.15) is 0 Å². The van der Waals surface area contributed by atoms with Gasteiger partial charge in [-0.05, 0) is 55.9 Å². The number of ether oxygens (including phenoxy) is 1. The maximum Gasteiger partial charge on any atom is 0.348 e. The molecule has 1 aromatic heterocycles. The molecule has 6 nitrogen and oxygen atoms in total. The average Bonchev–Trinajstić information content (AvgIpc) is 3.14. The highest BCUT2D eigenvalue weighted by atomic mass is 32.1. The number of amides is 2. The summed E-state index contributed by atoms with van der Waals surface area (Å²) < 4.78 is 5.08. The molecule has 1 aromatic carbocycles. The zero-order valence-electron chi connectivity index (χ0n) is 16.0. The normalized spacial score (nSPS) is 15.4. The highest BCUT2D eigenvalue weighted by Crippen LogP contribution is 2.33. The number of rotatable bonds is 5. The van der Waals surface area contributed by atoms with Crippen LogP contribution in [0.5, 0.6) is 0 Å². The Hall–Kier alpha value is -2.67. The molecule has 1 aliphatic rings. The van der Waals surface area contributed by atoms with Gasteiger partial charge in [0.2, 0.25) is 0 Å². The average molecular weight is 401 g/mol. The number of aryl methyl sites for hydroxylation is 2. The van der Waals surface area contributed by atoms with Gasteiger partial charge in [0.05, 0.1) is 0 Å². The van der Waals surface area contributed by atoms with E-state index in [2.05, 4.69) is 17.8 Å². The molecule has 148 valence electrons. The minimum absolute atomic E-state index is 0.428. The lowest BCUT2D eigenvalue weighted by Crippen LogP contribution is -2.43. The predicted molar refractivity (Wildman–Crippen MR) is 107 cm³/mol. The highest BCUT2D eigenvalue weighted by Gasteiger charge is 2.23. The number of thiophene rings is 1. The van der Waals surface area contributed by atoms with Gasteiger partial charge in [0.25, 0.3) is 11.8 Å². The van der Waals surface area contributed by atoms with Crippen molar-refractivity contribution < 1.29 is 19.1 Å². The molecule has 0 bridgehead atoms. The minimum atomic E-state index is -0.596. The minimum Gasteiger partial charge on any atom is -0.451 e. The van der Waals surface area contributed by atoms with Crippen LogP contribution in [0.3, 0.4) is 0 Å². The molecule has 1 atom stereocenters. The molecule has 1 aliphatic carbocycles. The van der Waals surface area contributed by atoms with Gasteiger partial charge in [0, 0.05) is 10.4 Å². The van der Waals surface area contributed by atoms with E-state index < -0.39 is 24.4 Å². The van der Waals surface area contributed by atoms with Crippen molar-refractivity contribution in [3.8, 4) is 0 Å². The second-order valence-corrected chi connectivity index (χ2v) is 8.16. The zero-order chi connectivity index (χ0) is 20.1. The molecule has 0 unspecified atom stereocenters. The number of fused-ring (bicyclic) bond motifs is 1. The molecule has 1 heterocycles. The number of esters is 1. The van der Waals surface area contributed by atoms with E-state index in [-0.39, 0.29) is 0 Å². The van der Waals surface area contributed by atoms with Gasteiger partial charge >= 0.3 is 5.97 Å². The molecule has 0 saturated heterocycles. The molecule has 0 aliphatic heterocycles. The van der Waals surface area contributed by atoms with E-state index in [0.29, 0.717) is 16.4 Å². The molecule has 2 N–H and O–H groups in total. The van der Waals surface area contributed by atoms with Crippen LogP contribution in [-0.2, 0) is 22.4 Å². The van der Waals surface area contributed by atoms with Gasteiger partial charge in [-0.25, -0.2) is 4.79 Å². The summed E-state index contributed by atoms with van der Waals surface area (Å²) in [5.74, 6) is -0.862.